The average molecular weight is 310 g/mol. The molecule has 7 heteroatoms. The minimum Gasteiger partial charge on any atom is -0.330 e. The number of aromatic nitrogens is 2. The number of thiazole rings is 2. The van der Waals surface area contributed by atoms with Crippen molar-refractivity contribution in [3.63, 3.8) is 0 Å². The molecule has 0 saturated carbocycles. The van der Waals surface area contributed by atoms with Gasteiger partial charge < -0.3 is 11.1 Å². The molecule has 0 spiro atoms. The van der Waals surface area contributed by atoms with Gasteiger partial charge in [0.05, 0.1) is 22.8 Å². The zero-order valence-electron chi connectivity index (χ0n) is 11.5. The molecule has 2 rings (SSSR count). The Kier molecular flexibility index (Phi) is 5.22. The molecule has 0 aliphatic carbocycles. The second kappa shape index (κ2) is 6.92. The van der Waals surface area contributed by atoms with E-state index in [2.05, 4.69) is 29.1 Å². The molecule has 0 fully saturated rings. The largest absolute Gasteiger partial charge is 0.330 e. The van der Waals surface area contributed by atoms with Gasteiger partial charge in [-0.1, -0.05) is 13.8 Å². The molecule has 108 valence electrons. The van der Waals surface area contributed by atoms with Crippen LogP contribution in [0.1, 0.15) is 36.2 Å². The van der Waals surface area contributed by atoms with Crippen molar-refractivity contribution < 1.29 is 4.79 Å². The van der Waals surface area contributed by atoms with Gasteiger partial charge in [-0.25, -0.2) is 9.97 Å². The lowest BCUT2D eigenvalue weighted by Crippen LogP contribution is -2.14. The second-order valence-electron chi connectivity index (χ2n) is 4.73. The molecular weight excluding hydrogens is 292 g/mol. The van der Waals surface area contributed by atoms with Gasteiger partial charge in [-0.2, -0.15) is 0 Å². The third kappa shape index (κ3) is 4.09. The molecule has 2 heterocycles. The molecule has 20 heavy (non-hydrogen) atoms. The van der Waals surface area contributed by atoms with Gasteiger partial charge in [0.1, 0.15) is 0 Å². The van der Waals surface area contributed by atoms with Crippen LogP contribution >= 0.6 is 22.7 Å². The summed E-state index contributed by atoms with van der Waals surface area (Å²) in [7, 11) is 0. The van der Waals surface area contributed by atoms with Gasteiger partial charge in [0.2, 0.25) is 5.91 Å². The Morgan fingerprint density at radius 1 is 1.35 bits per heavy atom. The van der Waals surface area contributed by atoms with E-state index >= 15 is 0 Å². The van der Waals surface area contributed by atoms with Crippen molar-refractivity contribution in [1.82, 2.24) is 9.97 Å². The monoisotopic (exact) mass is 310 g/mol. The van der Waals surface area contributed by atoms with Crippen LogP contribution in [-0.2, 0) is 17.6 Å². The maximum atomic E-state index is 11.9. The van der Waals surface area contributed by atoms with E-state index in [0.717, 1.165) is 22.8 Å². The number of rotatable bonds is 6. The standard InChI is InChI=1S/C13H18N4OS2/c1-8(2)10-7-20-13(16-10)17-11(18)5-9-6-19-12(15-9)3-4-14/h6-8H,3-5,14H2,1-2H3,(H,16,17,18). The van der Waals surface area contributed by atoms with E-state index in [1.54, 1.807) is 11.3 Å². The predicted octanol–water partition coefficient (Wildman–Crippen LogP) is 2.41. The first kappa shape index (κ1) is 15.1. The maximum absolute atomic E-state index is 11.9. The minimum absolute atomic E-state index is 0.0840. The summed E-state index contributed by atoms with van der Waals surface area (Å²) in [5.41, 5.74) is 7.27. The summed E-state index contributed by atoms with van der Waals surface area (Å²) in [4.78, 5) is 20.7. The van der Waals surface area contributed by atoms with Crippen molar-refractivity contribution >= 4 is 33.7 Å². The van der Waals surface area contributed by atoms with Crippen LogP contribution in [0.3, 0.4) is 0 Å². The van der Waals surface area contributed by atoms with Gasteiger partial charge in [0.15, 0.2) is 5.13 Å². The Bertz CT molecular complexity index is 576. The number of carbonyl (C=O) groups is 1. The van der Waals surface area contributed by atoms with Gasteiger partial charge in [-0.15, -0.1) is 22.7 Å². The molecule has 0 atom stereocenters. The summed E-state index contributed by atoms with van der Waals surface area (Å²) >= 11 is 3.00. The van der Waals surface area contributed by atoms with Crippen molar-refractivity contribution in [3.05, 3.63) is 27.2 Å². The molecule has 0 aliphatic heterocycles. The van der Waals surface area contributed by atoms with Crippen LogP contribution in [0.25, 0.3) is 0 Å². The van der Waals surface area contributed by atoms with Gasteiger partial charge in [-0.05, 0) is 12.5 Å². The number of carbonyl (C=O) groups excluding carboxylic acids is 1. The Labute approximate surface area is 126 Å². The third-order valence-corrected chi connectivity index (χ3v) is 4.39. The first-order valence-corrected chi connectivity index (χ1v) is 8.23. The Hall–Kier alpha value is -1.31. The minimum atomic E-state index is -0.0840. The topological polar surface area (TPSA) is 80.9 Å². The fraction of sp³-hybridized carbons (Fsp3) is 0.462. The molecule has 0 aliphatic rings. The summed E-state index contributed by atoms with van der Waals surface area (Å²) in [6.45, 7) is 4.74. The van der Waals surface area contributed by atoms with Crippen LogP contribution in [0.5, 0.6) is 0 Å². The number of anilines is 1. The lowest BCUT2D eigenvalue weighted by molar-refractivity contribution is -0.115. The SMILES string of the molecule is CC(C)c1csc(NC(=O)Cc2csc(CCN)n2)n1. The van der Waals surface area contributed by atoms with E-state index in [-0.39, 0.29) is 12.3 Å². The van der Waals surface area contributed by atoms with Crippen molar-refractivity contribution in [3.8, 4) is 0 Å². The molecule has 1 amide bonds. The number of hydrogen-bond acceptors (Lipinski definition) is 6. The van der Waals surface area contributed by atoms with Crippen molar-refractivity contribution in [2.75, 3.05) is 11.9 Å². The van der Waals surface area contributed by atoms with Crippen LogP contribution in [0.15, 0.2) is 10.8 Å². The summed E-state index contributed by atoms with van der Waals surface area (Å²) < 4.78 is 0. The number of nitrogens with zero attached hydrogens (tertiary/aromatic N) is 2. The van der Waals surface area contributed by atoms with Crippen molar-refractivity contribution in [2.24, 2.45) is 5.73 Å². The molecule has 3 N–H and O–H groups in total. The van der Waals surface area contributed by atoms with Gasteiger partial charge in [0.25, 0.3) is 0 Å². The van der Waals surface area contributed by atoms with Crippen LogP contribution in [0.4, 0.5) is 5.13 Å². The molecule has 0 unspecified atom stereocenters. The zero-order chi connectivity index (χ0) is 14.5. The molecule has 2 aromatic heterocycles. The van der Waals surface area contributed by atoms with Crippen LogP contribution in [-0.4, -0.2) is 22.4 Å². The quantitative estimate of drug-likeness (QED) is 0.858. The smallest absolute Gasteiger partial charge is 0.232 e. The average Bonchev–Trinajstić information content (AvgIpc) is 2.99. The first-order chi connectivity index (χ1) is 9.58. The first-order valence-electron chi connectivity index (χ1n) is 6.47. The van der Waals surface area contributed by atoms with Crippen molar-refractivity contribution in [1.29, 1.82) is 0 Å². The predicted molar refractivity (Wildman–Crippen MR) is 83.4 cm³/mol. The molecule has 0 bridgehead atoms. The highest BCUT2D eigenvalue weighted by atomic mass is 32.1. The second-order valence-corrected chi connectivity index (χ2v) is 6.53. The highest BCUT2D eigenvalue weighted by Gasteiger charge is 2.11. The molecular formula is C13H18N4OS2. The Morgan fingerprint density at radius 2 is 2.15 bits per heavy atom. The Morgan fingerprint density at radius 3 is 2.80 bits per heavy atom. The zero-order valence-corrected chi connectivity index (χ0v) is 13.2. The van der Waals surface area contributed by atoms with Gasteiger partial charge in [-0.3, -0.25) is 4.79 Å². The van der Waals surface area contributed by atoms with Gasteiger partial charge >= 0.3 is 0 Å². The third-order valence-electron chi connectivity index (χ3n) is 2.66. The lowest BCUT2D eigenvalue weighted by Gasteiger charge is -2.00. The fourth-order valence-electron chi connectivity index (χ4n) is 1.61. The lowest BCUT2D eigenvalue weighted by atomic mass is 10.2. The normalized spacial score (nSPS) is 11.0. The molecule has 0 saturated heterocycles. The summed E-state index contributed by atoms with van der Waals surface area (Å²) in [6, 6.07) is 0. The summed E-state index contributed by atoms with van der Waals surface area (Å²) in [5, 5.41) is 8.33. The fourth-order valence-corrected chi connectivity index (χ4v) is 3.31. The molecule has 2 aromatic rings. The van der Waals surface area contributed by atoms with Crippen molar-refractivity contribution in [2.45, 2.75) is 32.6 Å². The molecule has 0 aromatic carbocycles. The summed E-state index contributed by atoms with van der Waals surface area (Å²) in [5.74, 6) is 0.286. The van der Waals surface area contributed by atoms with E-state index in [1.807, 2.05) is 10.8 Å². The van der Waals surface area contributed by atoms with Crippen LogP contribution < -0.4 is 11.1 Å². The highest BCUT2D eigenvalue weighted by molar-refractivity contribution is 7.14. The highest BCUT2D eigenvalue weighted by Crippen LogP contribution is 2.21. The van der Waals surface area contributed by atoms with E-state index in [4.69, 9.17) is 5.73 Å². The van der Waals surface area contributed by atoms with Crippen LogP contribution in [0.2, 0.25) is 0 Å². The maximum Gasteiger partial charge on any atom is 0.232 e. The molecule has 5 nitrogen and oxygen atoms in total. The Balaban J connectivity index is 1.90. The van der Waals surface area contributed by atoms with E-state index in [1.165, 1.54) is 11.3 Å². The number of hydrogen-bond donors (Lipinski definition) is 2. The van der Waals surface area contributed by atoms with Gasteiger partial charge in [0, 0.05) is 17.2 Å². The number of nitrogens with one attached hydrogen (secondary N) is 1. The van der Waals surface area contributed by atoms with E-state index in [0.29, 0.717) is 17.6 Å². The number of amides is 1. The molecule has 0 radical (unpaired) electrons. The van der Waals surface area contributed by atoms with E-state index in [9.17, 15) is 4.79 Å². The number of nitrogens with two attached hydrogens (primary N) is 1. The van der Waals surface area contributed by atoms with E-state index < -0.39 is 0 Å². The van der Waals surface area contributed by atoms with Crippen LogP contribution in [0, 0.1) is 0 Å². The summed E-state index contributed by atoms with van der Waals surface area (Å²) in [6.07, 6.45) is 1.04.